The number of hydrogen-bond donors (Lipinski definition) is 1. The Hall–Kier alpha value is -1.85. The average Bonchev–Trinajstić information content (AvgIpc) is 2.24. The maximum absolute atomic E-state index is 11.6. The van der Waals surface area contributed by atoms with Crippen LogP contribution in [0.4, 0.5) is 0 Å². The second-order valence-electron chi connectivity index (χ2n) is 4.45. The summed E-state index contributed by atoms with van der Waals surface area (Å²) in [6.07, 6.45) is -0.405. The van der Waals surface area contributed by atoms with Gasteiger partial charge in [0, 0.05) is 33.4 Å². The Morgan fingerprint density at radius 3 is 2.50 bits per heavy atom. The number of aliphatic hydroxyl groups excluding tert-OH is 1. The molecule has 6 nitrogen and oxygen atoms in total. The number of rotatable bonds is 3. The second kappa shape index (κ2) is 5.66. The van der Waals surface area contributed by atoms with E-state index in [2.05, 4.69) is 0 Å². The highest BCUT2D eigenvalue weighted by Gasteiger charge is 2.32. The lowest BCUT2D eigenvalue weighted by Crippen LogP contribution is -2.31. The van der Waals surface area contributed by atoms with Crippen LogP contribution in [0.1, 0.15) is 26.2 Å². The zero-order valence-corrected chi connectivity index (χ0v) is 10.7. The number of ketones is 1. The zero-order chi connectivity index (χ0) is 13.9. The molecule has 1 fully saturated rings. The Kier molecular flexibility index (Phi) is 4.47. The fraction of sp³-hybridized carbons (Fsp3) is 0.583. The van der Waals surface area contributed by atoms with E-state index in [0.29, 0.717) is 0 Å². The molecule has 1 rings (SSSR count). The molecule has 1 heterocycles. The van der Waals surface area contributed by atoms with Crippen molar-refractivity contribution in [1.29, 1.82) is 0 Å². The highest BCUT2D eigenvalue weighted by molar-refractivity contribution is 6.19. The molecule has 0 aliphatic carbocycles. The van der Waals surface area contributed by atoms with Crippen molar-refractivity contribution >= 4 is 17.7 Å². The number of hydrogen-bond acceptors (Lipinski definition) is 5. The van der Waals surface area contributed by atoms with E-state index < -0.39 is 17.9 Å². The molecule has 0 bridgehead atoms. The van der Waals surface area contributed by atoms with Crippen LogP contribution >= 0.6 is 0 Å². The number of carbonyl (C=O) groups excluding carboxylic acids is 3. The molecule has 6 heteroatoms. The Morgan fingerprint density at radius 2 is 2.00 bits per heavy atom. The Bertz CT molecular complexity index is 391. The van der Waals surface area contributed by atoms with Crippen LogP contribution in [0, 0.1) is 0 Å². The van der Waals surface area contributed by atoms with Crippen LogP contribution < -0.4 is 0 Å². The average molecular weight is 255 g/mol. The van der Waals surface area contributed by atoms with Gasteiger partial charge < -0.3 is 14.7 Å². The molecule has 0 aromatic heterocycles. The van der Waals surface area contributed by atoms with Gasteiger partial charge in [0.1, 0.15) is 17.4 Å². The number of allylic oxidation sites excluding steroid dienone is 1. The summed E-state index contributed by atoms with van der Waals surface area (Å²) in [5.41, 5.74) is -0.320. The molecular formula is C12H17NO5. The van der Waals surface area contributed by atoms with Crippen LogP contribution in [0.25, 0.3) is 0 Å². The van der Waals surface area contributed by atoms with E-state index in [9.17, 15) is 19.5 Å². The lowest BCUT2D eigenvalue weighted by atomic mass is 10.00. The molecule has 100 valence electrons. The first-order valence-corrected chi connectivity index (χ1v) is 5.69. The van der Waals surface area contributed by atoms with Crippen molar-refractivity contribution in [1.82, 2.24) is 4.90 Å². The molecule has 0 aromatic carbocycles. The van der Waals surface area contributed by atoms with E-state index in [1.807, 2.05) is 0 Å². The molecule has 0 unspecified atom stereocenters. The molecular weight excluding hydrogens is 238 g/mol. The molecule has 18 heavy (non-hydrogen) atoms. The van der Waals surface area contributed by atoms with Gasteiger partial charge in [-0.25, -0.2) is 4.79 Å². The zero-order valence-electron chi connectivity index (χ0n) is 10.7. The maximum atomic E-state index is 11.6. The van der Waals surface area contributed by atoms with Gasteiger partial charge >= 0.3 is 5.97 Å². The lowest BCUT2D eigenvalue weighted by Gasteiger charge is -2.20. The SMILES string of the molecule is C[C@@H]1CC(=O)/C(=C(\O)CCC(=O)N(C)C)C(=O)O1. The summed E-state index contributed by atoms with van der Waals surface area (Å²) in [7, 11) is 3.18. The summed E-state index contributed by atoms with van der Waals surface area (Å²) in [6.45, 7) is 1.61. The molecule has 0 aromatic rings. The number of amides is 1. The van der Waals surface area contributed by atoms with Crippen LogP contribution in [0.15, 0.2) is 11.3 Å². The molecule has 0 saturated carbocycles. The first kappa shape index (κ1) is 14.2. The number of aliphatic hydroxyl groups is 1. The molecule has 1 saturated heterocycles. The number of nitrogens with zero attached hydrogens (tertiary/aromatic N) is 1. The van der Waals surface area contributed by atoms with Gasteiger partial charge in [-0.3, -0.25) is 9.59 Å². The smallest absolute Gasteiger partial charge is 0.345 e. The quantitative estimate of drug-likeness (QED) is 0.345. The molecule has 1 N–H and O–H groups in total. The maximum Gasteiger partial charge on any atom is 0.345 e. The largest absolute Gasteiger partial charge is 0.511 e. The number of esters is 1. The standard InChI is InChI=1S/C12H17NO5/c1-7-6-9(15)11(12(17)18-7)8(14)4-5-10(16)13(2)3/h7,14H,4-6H2,1-3H3/b11-8+/t7-/m1/s1. The predicted octanol–water partition coefficient (Wildman–Crippen LogP) is 0.571. The van der Waals surface area contributed by atoms with E-state index in [0.717, 1.165) is 0 Å². The van der Waals surface area contributed by atoms with E-state index in [1.165, 1.54) is 4.90 Å². The van der Waals surface area contributed by atoms with Crippen molar-refractivity contribution in [2.24, 2.45) is 0 Å². The van der Waals surface area contributed by atoms with E-state index in [1.54, 1.807) is 21.0 Å². The normalized spacial score (nSPS) is 22.5. The summed E-state index contributed by atoms with van der Waals surface area (Å²) in [6, 6.07) is 0. The summed E-state index contributed by atoms with van der Waals surface area (Å²) in [5.74, 6) is -1.80. The van der Waals surface area contributed by atoms with Crippen molar-refractivity contribution in [2.75, 3.05) is 14.1 Å². The molecule has 1 amide bonds. The van der Waals surface area contributed by atoms with Crippen molar-refractivity contribution in [2.45, 2.75) is 32.3 Å². The highest BCUT2D eigenvalue weighted by atomic mass is 16.5. The minimum atomic E-state index is -0.812. The Labute approximate surface area is 105 Å². The summed E-state index contributed by atoms with van der Waals surface area (Å²) < 4.78 is 4.87. The molecule has 0 radical (unpaired) electrons. The van der Waals surface area contributed by atoms with Crippen molar-refractivity contribution < 1.29 is 24.2 Å². The number of ether oxygens (including phenoxy) is 1. The van der Waals surface area contributed by atoms with Crippen molar-refractivity contribution in [3.63, 3.8) is 0 Å². The summed E-state index contributed by atoms with van der Waals surface area (Å²) in [4.78, 5) is 35.8. The van der Waals surface area contributed by atoms with Crippen LogP contribution in [-0.4, -0.2) is 47.9 Å². The van der Waals surface area contributed by atoms with Gasteiger partial charge in [0.2, 0.25) is 5.91 Å². The van der Waals surface area contributed by atoms with Crippen molar-refractivity contribution in [3.05, 3.63) is 11.3 Å². The van der Waals surface area contributed by atoms with Gasteiger partial charge in [0.15, 0.2) is 5.78 Å². The molecule has 1 aliphatic rings. The Morgan fingerprint density at radius 1 is 1.39 bits per heavy atom. The van der Waals surface area contributed by atoms with Gasteiger partial charge in [0.25, 0.3) is 0 Å². The lowest BCUT2D eigenvalue weighted by molar-refractivity contribution is -0.150. The van der Waals surface area contributed by atoms with Gasteiger partial charge in [-0.2, -0.15) is 0 Å². The van der Waals surface area contributed by atoms with Crippen LogP contribution in [-0.2, 0) is 19.1 Å². The van der Waals surface area contributed by atoms with Crippen molar-refractivity contribution in [3.8, 4) is 0 Å². The van der Waals surface area contributed by atoms with Gasteiger partial charge in [0.05, 0.1) is 0 Å². The molecule has 0 spiro atoms. The number of carbonyl (C=O) groups is 3. The monoisotopic (exact) mass is 255 g/mol. The van der Waals surface area contributed by atoms with Crippen LogP contribution in [0.5, 0.6) is 0 Å². The van der Waals surface area contributed by atoms with Crippen LogP contribution in [0.3, 0.4) is 0 Å². The third-order valence-corrected chi connectivity index (χ3v) is 2.63. The highest BCUT2D eigenvalue weighted by Crippen LogP contribution is 2.20. The number of cyclic esters (lactones) is 1. The minimum absolute atomic E-state index is 0.0401. The number of Topliss-reactive ketones (excluding diaryl/α,β-unsaturated/α-hetero) is 1. The third kappa shape index (κ3) is 3.32. The predicted molar refractivity (Wildman–Crippen MR) is 62.8 cm³/mol. The van der Waals surface area contributed by atoms with E-state index >= 15 is 0 Å². The molecule has 1 aliphatic heterocycles. The second-order valence-corrected chi connectivity index (χ2v) is 4.45. The fourth-order valence-electron chi connectivity index (χ4n) is 1.61. The van der Waals surface area contributed by atoms with Gasteiger partial charge in [-0.1, -0.05) is 0 Å². The van der Waals surface area contributed by atoms with Gasteiger partial charge in [-0.05, 0) is 6.92 Å². The van der Waals surface area contributed by atoms with E-state index in [4.69, 9.17) is 4.74 Å². The molecule has 1 atom stereocenters. The minimum Gasteiger partial charge on any atom is -0.511 e. The van der Waals surface area contributed by atoms with Crippen LogP contribution in [0.2, 0.25) is 0 Å². The topological polar surface area (TPSA) is 83.9 Å². The first-order chi connectivity index (χ1) is 8.32. The fourth-order valence-corrected chi connectivity index (χ4v) is 1.61. The third-order valence-electron chi connectivity index (χ3n) is 2.63. The first-order valence-electron chi connectivity index (χ1n) is 5.69. The Balaban J connectivity index is 2.75. The summed E-state index contributed by atoms with van der Waals surface area (Å²) >= 11 is 0. The van der Waals surface area contributed by atoms with Gasteiger partial charge in [-0.15, -0.1) is 0 Å². The summed E-state index contributed by atoms with van der Waals surface area (Å²) in [5, 5.41) is 9.72. The van der Waals surface area contributed by atoms with E-state index in [-0.39, 0.29) is 36.5 Å².